The van der Waals surface area contributed by atoms with E-state index in [-0.39, 0.29) is 11.7 Å². The zero-order chi connectivity index (χ0) is 19.2. The molecule has 0 amide bonds. The van der Waals surface area contributed by atoms with Gasteiger partial charge in [0.25, 0.3) is 0 Å². The van der Waals surface area contributed by atoms with Gasteiger partial charge in [-0.15, -0.1) is 0 Å². The SMILES string of the molecule is C[C@@H](CC(=O)Cc1ccc(Cl)c(Cl)c1)c1ccc(Oc2cnccn2)cn1. The Kier molecular flexibility index (Phi) is 6.37. The van der Waals surface area contributed by atoms with E-state index in [1.165, 1.54) is 6.20 Å². The number of pyridine rings is 1. The quantitative estimate of drug-likeness (QED) is 0.538. The van der Waals surface area contributed by atoms with Crippen LogP contribution in [0.15, 0.2) is 55.1 Å². The summed E-state index contributed by atoms with van der Waals surface area (Å²) in [5.74, 6) is 1.07. The second-order valence-corrected chi connectivity index (χ2v) is 6.95. The number of carbonyl (C=O) groups excluding carboxylic acids is 1. The molecule has 3 rings (SSSR count). The topological polar surface area (TPSA) is 65.0 Å². The lowest BCUT2D eigenvalue weighted by Gasteiger charge is -2.11. The van der Waals surface area contributed by atoms with Crippen molar-refractivity contribution in [1.82, 2.24) is 15.0 Å². The minimum Gasteiger partial charge on any atom is -0.436 e. The number of rotatable bonds is 7. The molecule has 0 N–H and O–H groups in total. The van der Waals surface area contributed by atoms with Crippen LogP contribution in [0.3, 0.4) is 0 Å². The van der Waals surface area contributed by atoms with Crippen molar-refractivity contribution in [3.63, 3.8) is 0 Å². The second kappa shape index (κ2) is 8.93. The smallest absolute Gasteiger partial charge is 0.237 e. The summed E-state index contributed by atoms with van der Waals surface area (Å²) in [4.78, 5) is 24.7. The first-order valence-corrected chi connectivity index (χ1v) is 9.12. The molecule has 0 fully saturated rings. The van der Waals surface area contributed by atoms with Crippen molar-refractivity contribution in [3.05, 3.63) is 76.4 Å². The Bertz CT molecular complexity index is 918. The fraction of sp³-hybridized carbons (Fsp3) is 0.200. The van der Waals surface area contributed by atoms with Gasteiger partial charge in [0.05, 0.1) is 22.4 Å². The molecule has 3 aromatic rings. The molecule has 0 aliphatic rings. The van der Waals surface area contributed by atoms with E-state index in [1.54, 1.807) is 36.8 Å². The maximum Gasteiger partial charge on any atom is 0.237 e. The number of Topliss-reactive ketones (excluding diaryl/α,β-unsaturated/α-hetero) is 1. The summed E-state index contributed by atoms with van der Waals surface area (Å²) < 4.78 is 5.57. The Morgan fingerprint density at radius 1 is 1.07 bits per heavy atom. The highest BCUT2D eigenvalue weighted by atomic mass is 35.5. The van der Waals surface area contributed by atoms with E-state index in [0.29, 0.717) is 34.5 Å². The van der Waals surface area contributed by atoms with Crippen molar-refractivity contribution in [2.75, 3.05) is 0 Å². The lowest BCUT2D eigenvalue weighted by Crippen LogP contribution is -2.08. The number of ether oxygens (including phenoxy) is 1. The Balaban J connectivity index is 1.57. The van der Waals surface area contributed by atoms with Crippen LogP contribution in [0.4, 0.5) is 0 Å². The van der Waals surface area contributed by atoms with Gasteiger partial charge in [-0.25, -0.2) is 4.98 Å². The summed E-state index contributed by atoms with van der Waals surface area (Å²) in [6, 6.07) is 8.89. The molecule has 0 aliphatic carbocycles. The summed E-state index contributed by atoms with van der Waals surface area (Å²) >= 11 is 11.9. The molecular weight excluding hydrogens is 385 g/mol. The van der Waals surface area contributed by atoms with Crippen molar-refractivity contribution in [1.29, 1.82) is 0 Å². The molecule has 0 aliphatic heterocycles. The molecule has 0 bridgehead atoms. The third kappa shape index (κ3) is 5.49. The number of aromatic nitrogens is 3. The van der Waals surface area contributed by atoms with Gasteiger partial charge in [0.2, 0.25) is 5.88 Å². The summed E-state index contributed by atoms with van der Waals surface area (Å²) in [6.45, 7) is 1.97. The average molecular weight is 402 g/mol. The van der Waals surface area contributed by atoms with Crippen molar-refractivity contribution in [3.8, 4) is 11.6 Å². The summed E-state index contributed by atoms with van der Waals surface area (Å²) in [7, 11) is 0. The van der Waals surface area contributed by atoms with Crippen LogP contribution in [0.5, 0.6) is 11.6 Å². The average Bonchev–Trinajstić information content (AvgIpc) is 2.66. The van der Waals surface area contributed by atoms with Crippen LogP contribution in [-0.4, -0.2) is 20.7 Å². The van der Waals surface area contributed by atoms with E-state index in [1.807, 2.05) is 19.1 Å². The molecule has 138 valence electrons. The number of nitrogens with zero attached hydrogens (tertiary/aromatic N) is 3. The van der Waals surface area contributed by atoms with Crippen molar-refractivity contribution in [2.24, 2.45) is 0 Å². The first-order chi connectivity index (χ1) is 13.0. The van der Waals surface area contributed by atoms with Crippen molar-refractivity contribution < 1.29 is 9.53 Å². The molecule has 0 saturated carbocycles. The molecule has 5 nitrogen and oxygen atoms in total. The van der Waals surface area contributed by atoms with Crippen LogP contribution >= 0.6 is 23.2 Å². The molecular formula is C20H17Cl2N3O2. The Labute approximate surface area is 167 Å². The monoisotopic (exact) mass is 401 g/mol. The van der Waals surface area contributed by atoms with Crippen LogP contribution in [0, 0.1) is 0 Å². The summed E-state index contributed by atoms with van der Waals surface area (Å²) in [5.41, 5.74) is 1.67. The van der Waals surface area contributed by atoms with Crippen LogP contribution in [0.25, 0.3) is 0 Å². The number of benzene rings is 1. The van der Waals surface area contributed by atoms with E-state index in [9.17, 15) is 4.79 Å². The third-order valence-electron chi connectivity index (χ3n) is 3.95. The standard InChI is InChI=1S/C20H17Cl2N3O2/c1-13(8-15(26)9-14-2-4-17(21)18(22)10-14)19-5-3-16(11-25-19)27-20-12-23-6-7-24-20/h2-7,10-13H,8-9H2,1H3/t13-/m0/s1. The zero-order valence-corrected chi connectivity index (χ0v) is 16.1. The highest BCUT2D eigenvalue weighted by Crippen LogP contribution is 2.25. The Morgan fingerprint density at radius 2 is 1.93 bits per heavy atom. The highest BCUT2D eigenvalue weighted by Gasteiger charge is 2.14. The fourth-order valence-corrected chi connectivity index (χ4v) is 2.92. The molecule has 0 saturated heterocycles. The number of hydrogen-bond acceptors (Lipinski definition) is 5. The maximum atomic E-state index is 12.4. The molecule has 0 spiro atoms. The number of hydrogen-bond donors (Lipinski definition) is 0. The number of ketones is 1. The molecule has 27 heavy (non-hydrogen) atoms. The van der Waals surface area contributed by atoms with Crippen LogP contribution in [0.1, 0.15) is 30.5 Å². The third-order valence-corrected chi connectivity index (χ3v) is 4.68. The lowest BCUT2D eigenvalue weighted by molar-refractivity contribution is -0.118. The van der Waals surface area contributed by atoms with E-state index in [2.05, 4.69) is 15.0 Å². The normalized spacial score (nSPS) is 11.8. The minimum absolute atomic E-state index is 0.00848. The molecule has 7 heteroatoms. The van der Waals surface area contributed by atoms with Crippen LogP contribution < -0.4 is 4.74 Å². The van der Waals surface area contributed by atoms with Gasteiger partial charge in [0, 0.05) is 36.8 Å². The van der Waals surface area contributed by atoms with Gasteiger partial charge in [-0.2, -0.15) is 0 Å². The van der Waals surface area contributed by atoms with Gasteiger partial charge in [-0.05, 0) is 29.8 Å². The predicted octanol–water partition coefficient (Wildman–Crippen LogP) is 5.28. The van der Waals surface area contributed by atoms with E-state index >= 15 is 0 Å². The van der Waals surface area contributed by atoms with Crippen LogP contribution in [0.2, 0.25) is 10.0 Å². The molecule has 1 aromatic carbocycles. The molecule has 2 heterocycles. The Morgan fingerprint density at radius 3 is 2.59 bits per heavy atom. The van der Waals surface area contributed by atoms with Gasteiger partial charge in [0.15, 0.2) is 0 Å². The zero-order valence-electron chi connectivity index (χ0n) is 14.6. The van der Waals surface area contributed by atoms with E-state index in [4.69, 9.17) is 27.9 Å². The highest BCUT2D eigenvalue weighted by molar-refractivity contribution is 6.42. The van der Waals surface area contributed by atoms with Gasteiger partial charge in [-0.1, -0.05) is 36.2 Å². The van der Waals surface area contributed by atoms with Gasteiger partial charge in [0.1, 0.15) is 11.5 Å². The van der Waals surface area contributed by atoms with Gasteiger partial charge >= 0.3 is 0 Å². The van der Waals surface area contributed by atoms with Crippen LogP contribution in [-0.2, 0) is 11.2 Å². The van der Waals surface area contributed by atoms with E-state index in [0.717, 1.165) is 11.3 Å². The lowest BCUT2D eigenvalue weighted by atomic mass is 9.97. The maximum absolute atomic E-state index is 12.4. The van der Waals surface area contributed by atoms with Gasteiger partial charge < -0.3 is 4.74 Å². The molecule has 0 unspecified atom stereocenters. The number of halogens is 2. The number of carbonyl (C=O) groups is 1. The summed E-state index contributed by atoms with van der Waals surface area (Å²) in [5, 5.41) is 0.935. The summed E-state index contributed by atoms with van der Waals surface area (Å²) in [6.07, 6.45) is 6.97. The van der Waals surface area contributed by atoms with Gasteiger partial charge in [-0.3, -0.25) is 14.8 Å². The largest absolute Gasteiger partial charge is 0.436 e. The fourth-order valence-electron chi connectivity index (χ4n) is 2.60. The first-order valence-electron chi connectivity index (χ1n) is 8.36. The molecule has 2 aromatic heterocycles. The predicted molar refractivity (Wildman–Crippen MR) is 105 cm³/mol. The first kappa shape index (κ1) is 19.3. The second-order valence-electron chi connectivity index (χ2n) is 6.13. The van der Waals surface area contributed by atoms with Crippen molar-refractivity contribution in [2.45, 2.75) is 25.7 Å². The van der Waals surface area contributed by atoms with Crippen molar-refractivity contribution >= 4 is 29.0 Å². The Hall–Kier alpha value is -2.50. The minimum atomic E-state index is -0.00848. The molecule has 1 atom stereocenters. The molecule has 0 radical (unpaired) electrons. The van der Waals surface area contributed by atoms with E-state index < -0.39 is 0 Å².